The number of imidazole rings is 1. The molecule has 6 heterocycles. The number of aromatic nitrogens is 7. The molecule has 0 unspecified atom stereocenters. The molecule has 7 rings (SSSR count). The summed E-state index contributed by atoms with van der Waals surface area (Å²) in [5.74, 6) is -2.79. The summed E-state index contributed by atoms with van der Waals surface area (Å²) in [5.41, 5.74) is 6.40. The lowest BCUT2D eigenvalue weighted by molar-refractivity contribution is 0.0115. The Balaban J connectivity index is 1.22. The topological polar surface area (TPSA) is 145 Å². The van der Waals surface area contributed by atoms with Gasteiger partial charge in [-0.15, -0.1) is 0 Å². The zero-order valence-electron chi connectivity index (χ0n) is 23.9. The molecular weight excluding hydrogens is 607 g/mol. The Bertz CT molecular complexity index is 2180. The van der Waals surface area contributed by atoms with Crippen LogP contribution in [0.4, 0.5) is 13.2 Å². The average molecular weight is 634 g/mol. The van der Waals surface area contributed by atoms with E-state index in [1.807, 2.05) is 18.2 Å². The van der Waals surface area contributed by atoms with Gasteiger partial charge in [0.05, 0.1) is 41.2 Å². The highest BCUT2D eigenvalue weighted by Gasteiger charge is 2.38. The van der Waals surface area contributed by atoms with Gasteiger partial charge in [-0.2, -0.15) is 5.10 Å². The van der Waals surface area contributed by atoms with Crippen LogP contribution < -0.4 is 4.72 Å². The molecule has 5 aromatic heterocycles. The van der Waals surface area contributed by atoms with Crippen LogP contribution in [0.1, 0.15) is 17.5 Å². The van der Waals surface area contributed by atoms with Crippen molar-refractivity contribution in [3.8, 4) is 33.9 Å². The minimum Gasteiger partial charge on any atom is -0.335 e. The quantitative estimate of drug-likeness (QED) is 0.220. The zero-order valence-corrected chi connectivity index (χ0v) is 24.7. The monoisotopic (exact) mass is 633 g/mol. The molecule has 1 fully saturated rings. The number of likely N-dealkylation sites (tertiary alicyclic amines) is 1. The summed E-state index contributed by atoms with van der Waals surface area (Å²) in [4.78, 5) is 23.2. The van der Waals surface area contributed by atoms with E-state index in [9.17, 15) is 21.6 Å². The first-order valence-electron chi connectivity index (χ1n) is 14.0. The van der Waals surface area contributed by atoms with Gasteiger partial charge < -0.3 is 4.98 Å². The van der Waals surface area contributed by atoms with Gasteiger partial charge in [0, 0.05) is 55.8 Å². The summed E-state index contributed by atoms with van der Waals surface area (Å²) in [6, 6.07) is 9.85. The maximum atomic E-state index is 14.6. The van der Waals surface area contributed by atoms with E-state index in [1.165, 1.54) is 12.1 Å². The molecule has 1 saturated heterocycles. The number of nitrogens with one attached hydrogen (secondary N) is 3. The summed E-state index contributed by atoms with van der Waals surface area (Å²) in [7, 11) is -3.47. The number of aromatic amines is 2. The molecule has 3 N–H and O–H groups in total. The van der Waals surface area contributed by atoms with Crippen LogP contribution in [0.2, 0.25) is 0 Å². The predicted molar refractivity (Wildman–Crippen MR) is 162 cm³/mol. The third-order valence-corrected chi connectivity index (χ3v) is 8.25. The molecule has 1 aliphatic rings. The first-order chi connectivity index (χ1) is 21.5. The van der Waals surface area contributed by atoms with Crippen molar-refractivity contribution >= 4 is 32.1 Å². The third kappa shape index (κ3) is 6.14. The highest BCUT2D eigenvalue weighted by Crippen LogP contribution is 2.33. The normalized spacial score (nSPS) is 15.4. The molecule has 0 saturated carbocycles. The van der Waals surface area contributed by atoms with E-state index in [1.54, 1.807) is 35.8 Å². The van der Waals surface area contributed by atoms with E-state index in [0.717, 1.165) is 17.4 Å². The number of sulfonamides is 1. The number of rotatable bonds is 8. The van der Waals surface area contributed by atoms with Crippen LogP contribution in [0.15, 0.2) is 61.2 Å². The molecule has 0 atom stereocenters. The second-order valence-corrected chi connectivity index (χ2v) is 13.0. The molecule has 45 heavy (non-hydrogen) atoms. The van der Waals surface area contributed by atoms with Gasteiger partial charge in [0.2, 0.25) is 10.0 Å². The number of nitrogens with zero attached hydrogens (tertiary/aromatic N) is 6. The van der Waals surface area contributed by atoms with Crippen molar-refractivity contribution in [2.45, 2.75) is 25.4 Å². The fourth-order valence-corrected chi connectivity index (χ4v) is 5.95. The Morgan fingerprint density at radius 1 is 0.956 bits per heavy atom. The van der Waals surface area contributed by atoms with Crippen molar-refractivity contribution in [2.24, 2.45) is 0 Å². The smallest absolute Gasteiger partial charge is 0.261 e. The number of hydrogen-bond acceptors (Lipinski definition) is 8. The van der Waals surface area contributed by atoms with Gasteiger partial charge in [0.15, 0.2) is 11.5 Å². The molecular formula is C30H26F3N9O2S. The summed E-state index contributed by atoms with van der Waals surface area (Å²) in [6.07, 6.45) is 7.40. The first kappa shape index (κ1) is 29.0. The molecule has 0 aliphatic carbocycles. The Morgan fingerprint density at radius 2 is 1.78 bits per heavy atom. The minimum absolute atomic E-state index is 0.0707. The fourth-order valence-electron chi connectivity index (χ4n) is 5.52. The predicted octanol–water partition coefficient (Wildman–Crippen LogP) is 4.65. The van der Waals surface area contributed by atoms with Crippen molar-refractivity contribution in [3.63, 3.8) is 0 Å². The largest absolute Gasteiger partial charge is 0.335 e. The van der Waals surface area contributed by atoms with Gasteiger partial charge in [0.25, 0.3) is 5.92 Å². The molecule has 1 aliphatic heterocycles. The second-order valence-electron chi connectivity index (χ2n) is 11.2. The van der Waals surface area contributed by atoms with E-state index in [0.29, 0.717) is 69.1 Å². The van der Waals surface area contributed by atoms with Gasteiger partial charge >= 0.3 is 0 Å². The van der Waals surface area contributed by atoms with Gasteiger partial charge in [0.1, 0.15) is 11.3 Å². The molecule has 0 spiro atoms. The number of H-pyrrole nitrogens is 2. The van der Waals surface area contributed by atoms with Crippen molar-refractivity contribution in [2.75, 3.05) is 19.3 Å². The molecule has 6 aromatic rings. The first-order valence-corrected chi connectivity index (χ1v) is 15.9. The standard InChI is InChI=1S/C30H26F3N9O2S/c1-45(43,44)36-11-17-6-19(9-21(31)8-17)22-13-35-14-25-26(22)39-29(38-25)28-27-24(40-41-28)3-2-23(37-27)20-7-18(10-34-12-20)15-42-5-4-30(32,33)16-42/h2-3,6-10,12-14,36H,4-5,11,15-16H2,1H3,(H,38,39)(H,40,41). The van der Waals surface area contributed by atoms with Crippen molar-refractivity contribution in [1.29, 1.82) is 0 Å². The zero-order chi connectivity index (χ0) is 31.3. The van der Waals surface area contributed by atoms with E-state index in [-0.39, 0.29) is 19.5 Å². The number of benzene rings is 1. The van der Waals surface area contributed by atoms with Gasteiger partial charge in [-0.3, -0.25) is 20.0 Å². The lowest BCUT2D eigenvalue weighted by atomic mass is 10.0. The highest BCUT2D eigenvalue weighted by atomic mass is 32.2. The van der Waals surface area contributed by atoms with Crippen LogP contribution >= 0.6 is 0 Å². The molecule has 15 heteroatoms. The van der Waals surface area contributed by atoms with Gasteiger partial charge in [-0.1, -0.05) is 0 Å². The lowest BCUT2D eigenvalue weighted by Crippen LogP contribution is -2.24. The fraction of sp³-hybridized carbons (Fsp3) is 0.233. The van der Waals surface area contributed by atoms with Gasteiger partial charge in [-0.05, 0) is 53.1 Å². The number of halogens is 3. The average Bonchev–Trinajstić information content (AvgIpc) is 3.71. The third-order valence-electron chi connectivity index (χ3n) is 7.58. The van der Waals surface area contributed by atoms with Crippen LogP contribution in [0, 0.1) is 5.82 Å². The number of alkyl halides is 2. The SMILES string of the molecule is CS(=O)(=O)NCc1cc(F)cc(-c2cncc3[nH]c(-c4n[nH]c5ccc(-c6cncc(CN7CCC(F)(F)C7)c6)nc45)nc23)c1. The van der Waals surface area contributed by atoms with Crippen LogP contribution in [-0.4, -0.2) is 73.7 Å². The molecule has 0 radical (unpaired) electrons. The molecule has 1 aromatic carbocycles. The summed E-state index contributed by atoms with van der Waals surface area (Å²) in [5, 5.41) is 7.43. The summed E-state index contributed by atoms with van der Waals surface area (Å²) >= 11 is 0. The van der Waals surface area contributed by atoms with E-state index in [4.69, 9.17) is 9.97 Å². The van der Waals surface area contributed by atoms with Crippen molar-refractivity contribution in [3.05, 3.63) is 78.1 Å². The summed E-state index contributed by atoms with van der Waals surface area (Å²) < 4.78 is 67.4. The highest BCUT2D eigenvalue weighted by molar-refractivity contribution is 7.88. The van der Waals surface area contributed by atoms with Gasteiger partial charge in [-0.25, -0.2) is 36.3 Å². The van der Waals surface area contributed by atoms with Crippen molar-refractivity contribution in [1.82, 2.24) is 44.7 Å². The van der Waals surface area contributed by atoms with Crippen LogP contribution in [-0.2, 0) is 23.1 Å². The molecule has 0 amide bonds. The Morgan fingerprint density at radius 3 is 2.58 bits per heavy atom. The summed E-state index contributed by atoms with van der Waals surface area (Å²) in [6.45, 7) is 0.356. The maximum Gasteiger partial charge on any atom is 0.261 e. The van der Waals surface area contributed by atoms with E-state index in [2.05, 4.69) is 29.9 Å². The number of fused-ring (bicyclic) bond motifs is 2. The molecule has 230 valence electrons. The maximum absolute atomic E-state index is 14.6. The van der Waals surface area contributed by atoms with E-state index >= 15 is 0 Å². The van der Waals surface area contributed by atoms with Crippen LogP contribution in [0.3, 0.4) is 0 Å². The van der Waals surface area contributed by atoms with Crippen molar-refractivity contribution < 1.29 is 21.6 Å². The lowest BCUT2D eigenvalue weighted by Gasteiger charge is -2.15. The number of pyridine rings is 3. The Labute approximate surface area is 255 Å². The van der Waals surface area contributed by atoms with Crippen LogP contribution in [0.25, 0.3) is 56.0 Å². The number of hydrogen-bond donors (Lipinski definition) is 3. The molecule has 0 bridgehead atoms. The Hall–Kier alpha value is -4.73. The van der Waals surface area contributed by atoms with E-state index < -0.39 is 21.8 Å². The second kappa shape index (κ2) is 11.0. The minimum atomic E-state index is -3.47. The van der Waals surface area contributed by atoms with Crippen LogP contribution in [0.5, 0.6) is 0 Å². The Kier molecular flexibility index (Phi) is 7.10. The molecule has 11 nitrogen and oxygen atoms in total.